The summed E-state index contributed by atoms with van der Waals surface area (Å²) < 4.78 is 34.6. The molecule has 6 heteroatoms. The molecule has 0 saturated heterocycles. The predicted molar refractivity (Wildman–Crippen MR) is 96.0 cm³/mol. The maximum absolute atomic E-state index is 11.6. The second kappa shape index (κ2) is 4.46. The number of nitrogens with zero attached hydrogens (tertiary/aromatic N) is 2. The van der Waals surface area contributed by atoms with Crippen LogP contribution in [0.4, 0.5) is 5.69 Å². The van der Waals surface area contributed by atoms with E-state index in [4.69, 9.17) is 0 Å². The summed E-state index contributed by atoms with van der Waals surface area (Å²) in [6, 6.07) is 8.75. The zero-order valence-corrected chi connectivity index (χ0v) is 14.8. The molecule has 1 aromatic heterocycles. The monoisotopic (exact) mass is 342 g/mol. The number of aryl methyl sites for hydroxylation is 1. The Kier molecular flexibility index (Phi) is 2.85. The van der Waals surface area contributed by atoms with Crippen molar-refractivity contribution >= 4 is 43.3 Å². The van der Waals surface area contributed by atoms with Gasteiger partial charge in [0.15, 0.2) is 0 Å². The molecule has 0 aliphatic carbocycles. The smallest absolute Gasteiger partial charge is 0.294 e. The first-order chi connectivity index (χ1) is 11.1. The number of fused-ring (bicyclic) bond motifs is 5. The van der Waals surface area contributed by atoms with Gasteiger partial charge in [-0.3, -0.25) is 9.55 Å². The van der Waals surface area contributed by atoms with Gasteiger partial charge in [0.25, 0.3) is 10.1 Å². The van der Waals surface area contributed by atoms with Crippen molar-refractivity contribution in [2.45, 2.75) is 31.1 Å². The normalized spacial score (nSPS) is 16.6. The summed E-state index contributed by atoms with van der Waals surface area (Å²) in [6.45, 7) is 6.27. The van der Waals surface area contributed by atoms with Crippen LogP contribution in [0.25, 0.3) is 21.8 Å². The highest BCUT2D eigenvalue weighted by molar-refractivity contribution is 7.85. The van der Waals surface area contributed by atoms with E-state index in [-0.39, 0.29) is 10.3 Å². The van der Waals surface area contributed by atoms with Crippen molar-refractivity contribution < 1.29 is 13.0 Å². The molecule has 124 valence electrons. The molecule has 0 atom stereocenters. The zero-order valence-electron chi connectivity index (χ0n) is 14.0. The summed E-state index contributed by atoms with van der Waals surface area (Å²) in [6.07, 6.45) is 0. The molecule has 0 amide bonds. The van der Waals surface area contributed by atoms with Crippen LogP contribution >= 0.6 is 0 Å². The van der Waals surface area contributed by atoms with E-state index in [2.05, 4.69) is 18.8 Å². The minimum Gasteiger partial charge on any atom is -0.344 e. The number of aliphatic imine (C=N–C) groups is 1. The van der Waals surface area contributed by atoms with Gasteiger partial charge < -0.3 is 4.57 Å². The minimum atomic E-state index is -4.25. The predicted octanol–water partition coefficient (Wildman–Crippen LogP) is 3.96. The summed E-state index contributed by atoms with van der Waals surface area (Å²) in [5, 5.41) is 1.82. The number of hydrogen-bond acceptors (Lipinski definition) is 3. The molecule has 4 rings (SSSR count). The lowest BCUT2D eigenvalue weighted by atomic mass is 9.80. The van der Waals surface area contributed by atoms with Crippen molar-refractivity contribution in [3.8, 4) is 0 Å². The third-order valence-electron chi connectivity index (χ3n) is 5.24. The lowest BCUT2D eigenvalue weighted by Gasteiger charge is -2.21. The van der Waals surface area contributed by atoms with Crippen molar-refractivity contribution in [1.82, 2.24) is 4.57 Å². The van der Waals surface area contributed by atoms with Crippen molar-refractivity contribution in [2.75, 3.05) is 0 Å². The molecule has 1 aliphatic rings. The summed E-state index contributed by atoms with van der Waals surface area (Å²) in [4.78, 5) is 4.59. The Labute approximate surface area is 140 Å². The zero-order chi connectivity index (χ0) is 17.4. The molecule has 5 nitrogen and oxygen atoms in total. The van der Waals surface area contributed by atoms with E-state index >= 15 is 0 Å². The van der Waals surface area contributed by atoms with Crippen LogP contribution in [0, 0.1) is 0 Å². The third kappa shape index (κ3) is 1.84. The lowest BCUT2D eigenvalue weighted by molar-refractivity contribution is 0.483. The number of aromatic nitrogens is 1. The average molecular weight is 342 g/mol. The van der Waals surface area contributed by atoms with Gasteiger partial charge in [-0.15, -0.1) is 0 Å². The molecule has 0 saturated carbocycles. The van der Waals surface area contributed by atoms with Gasteiger partial charge in [-0.1, -0.05) is 13.8 Å². The highest BCUT2D eigenvalue weighted by Gasteiger charge is 2.35. The van der Waals surface area contributed by atoms with Gasteiger partial charge in [0.1, 0.15) is 0 Å². The molecule has 3 aromatic rings. The van der Waals surface area contributed by atoms with E-state index in [1.165, 1.54) is 6.07 Å². The summed E-state index contributed by atoms with van der Waals surface area (Å²) >= 11 is 0. The van der Waals surface area contributed by atoms with Crippen LogP contribution in [0.1, 0.15) is 26.3 Å². The minimum absolute atomic E-state index is 0.0893. The number of hydrogen-bond donors (Lipinski definition) is 1. The molecular weight excluding hydrogens is 324 g/mol. The van der Waals surface area contributed by atoms with Crippen LogP contribution < -0.4 is 0 Å². The topological polar surface area (TPSA) is 71.7 Å². The fraction of sp³-hybridized carbons (Fsp3) is 0.278. The van der Waals surface area contributed by atoms with E-state index in [1.807, 2.05) is 30.7 Å². The first-order valence-electron chi connectivity index (χ1n) is 7.71. The second-order valence-electron chi connectivity index (χ2n) is 6.89. The molecule has 2 heterocycles. The van der Waals surface area contributed by atoms with Gasteiger partial charge in [-0.2, -0.15) is 8.42 Å². The highest BCUT2D eigenvalue weighted by atomic mass is 32.2. The number of benzene rings is 2. The molecular formula is C18H18N2O3S. The van der Waals surface area contributed by atoms with Crippen molar-refractivity contribution in [3.05, 3.63) is 35.9 Å². The lowest BCUT2D eigenvalue weighted by Crippen LogP contribution is -2.22. The Hall–Kier alpha value is -2.18. The molecule has 0 spiro atoms. The van der Waals surface area contributed by atoms with Gasteiger partial charge in [0.05, 0.1) is 10.6 Å². The van der Waals surface area contributed by atoms with Crippen molar-refractivity contribution in [2.24, 2.45) is 12.0 Å². The summed E-state index contributed by atoms with van der Waals surface area (Å²) in [5.74, 6) is 0. The Morgan fingerprint density at radius 1 is 1.12 bits per heavy atom. The fourth-order valence-corrected chi connectivity index (χ4v) is 4.16. The van der Waals surface area contributed by atoms with Crippen LogP contribution in [-0.4, -0.2) is 23.2 Å². The second-order valence-corrected chi connectivity index (χ2v) is 8.31. The van der Waals surface area contributed by atoms with Crippen molar-refractivity contribution in [3.63, 3.8) is 0 Å². The Bertz CT molecular complexity index is 1170. The van der Waals surface area contributed by atoms with E-state index < -0.39 is 10.1 Å². The fourth-order valence-electron chi connectivity index (χ4n) is 3.66. The third-order valence-corrected chi connectivity index (χ3v) is 6.09. The highest BCUT2D eigenvalue weighted by Crippen LogP contribution is 2.47. The van der Waals surface area contributed by atoms with Crippen LogP contribution in [0.15, 0.2) is 40.2 Å². The maximum Gasteiger partial charge on any atom is 0.294 e. The molecule has 0 unspecified atom stereocenters. The number of rotatable bonds is 1. The summed E-state index contributed by atoms with van der Waals surface area (Å²) in [7, 11) is -2.29. The molecule has 0 radical (unpaired) electrons. The SMILES string of the molecule is CC1=Nc2ccc3c(c2C1(C)C)c1cc(S(=O)(=O)O)ccc1n3C. The average Bonchev–Trinajstić information content (AvgIpc) is 2.91. The quantitative estimate of drug-likeness (QED) is 0.680. The molecule has 1 aliphatic heterocycles. The molecule has 1 N–H and O–H groups in total. The van der Waals surface area contributed by atoms with Gasteiger partial charge in [0.2, 0.25) is 0 Å². The Morgan fingerprint density at radius 2 is 1.79 bits per heavy atom. The van der Waals surface area contributed by atoms with E-state index in [0.29, 0.717) is 0 Å². The van der Waals surface area contributed by atoms with Gasteiger partial charge in [-0.25, -0.2) is 0 Å². The van der Waals surface area contributed by atoms with Crippen LogP contribution in [-0.2, 0) is 22.6 Å². The maximum atomic E-state index is 11.6. The molecule has 0 fully saturated rings. The van der Waals surface area contributed by atoms with Crippen molar-refractivity contribution in [1.29, 1.82) is 0 Å². The Balaban J connectivity index is 2.23. The van der Waals surface area contributed by atoms with Gasteiger partial charge in [-0.05, 0) is 42.8 Å². The Morgan fingerprint density at radius 3 is 2.46 bits per heavy atom. The standard InChI is InChI=1S/C18H18N2O3S/c1-10-18(2,3)17-13(19-10)6-8-15-16(17)12-9-11(24(21,22)23)5-7-14(12)20(15)4/h5-9H,1-4H3,(H,21,22,23). The van der Waals surface area contributed by atoms with E-state index in [1.54, 1.807) is 12.1 Å². The first kappa shape index (κ1) is 15.4. The van der Waals surface area contributed by atoms with E-state index in [0.717, 1.165) is 38.8 Å². The van der Waals surface area contributed by atoms with Crippen LogP contribution in [0.2, 0.25) is 0 Å². The molecule has 0 bridgehead atoms. The molecule has 2 aromatic carbocycles. The molecule has 24 heavy (non-hydrogen) atoms. The largest absolute Gasteiger partial charge is 0.344 e. The van der Waals surface area contributed by atoms with Gasteiger partial charge >= 0.3 is 0 Å². The van der Waals surface area contributed by atoms with Crippen LogP contribution in [0.5, 0.6) is 0 Å². The summed E-state index contributed by atoms with van der Waals surface area (Å²) in [5.41, 5.74) is 4.79. The van der Waals surface area contributed by atoms with E-state index in [9.17, 15) is 13.0 Å². The van der Waals surface area contributed by atoms with Gasteiger partial charge in [0, 0.05) is 40.0 Å². The van der Waals surface area contributed by atoms with Crippen LogP contribution in [0.3, 0.4) is 0 Å². The first-order valence-corrected chi connectivity index (χ1v) is 9.15.